The molecule has 0 bridgehead atoms. The lowest BCUT2D eigenvalue weighted by atomic mass is 9.87. The average molecular weight is 536 g/mol. The summed E-state index contributed by atoms with van der Waals surface area (Å²) >= 11 is 0. The van der Waals surface area contributed by atoms with E-state index in [0.717, 1.165) is 19.3 Å². The van der Waals surface area contributed by atoms with E-state index in [-0.39, 0.29) is 55.0 Å². The molecule has 0 aromatic rings. The number of hydrogen-bond acceptors (Lipinski definition) is 6. The standard InChI is InChI=1S/C30H49NO7/c1-4-5-8-20-11-12-21(16-20)26(33)14-13-23-24(28(35)18-27(23)34)17-22(32)9-6-7-10-29(36)31-25(30(37)38)15-19(2)3/h13-14,19-21,23-27,33-34H,4-12,15-18H2,1-3H3,(H,31,36)(H,37,38)/b14-13+/t20?,21?,23-,24?,25+,26-,27-/m1/s1. The van der Waals surface area contributed by atoms with Gasteiger partial charge in [0.05, 0.1) is 12.2 Å². The number of carbonyl (C=O) groups is 4. The number of carboxylic acid groups (broad SMARTS) is 1. The number of aliphatic hydroxyl groups is 2. The summed E-state index contributed by atoms with van der Waals surface area (Å²) in [5, 5.41) is 32.9. The lowest BCUT2D eigenvalue weighted by Crippen LogP contribution is -2.41. The third-order valence-electron chi connectivity index (χ3n) is 8.19. The second-order valence-electron chi connectivity index (χ2n) is 11.9. The van der Waals surface area contributed by atoms with Crippen LogP contribution in [0.2, 0.25) is 0 Å². The van der Waals surface area contributed by atoms with Gasteiger partial charge in [-0.25, -0.2) is 4.79 Å². The third-order valence-corrected chi connectivity index (χ3v) is 8.19. The van der Waals surface area contributed by atoms with Crippen LogP contribution in [0.15, 0.2) is 12.2 Å². The van der Waals surface area contributed by atoms with Gasteiger partial charge in [0.1, 0.15) is 17.6 Å². The van der Waals surface area contributed by atoms with E-state index >= 15 is 0 Å². The summed E-state index contributed by atoms with van der Waals surface area (Å²) in [6.45, 7) is 5.97. The summed E-state index contributed by atoms with van der Waals surface area (Å²) in [5.41, 5.74) is 0. The van der Waals surface area contributed by atoms with Gasteiger partial charge in [-0.15, -0.1) is 0 Å². The van der Waals surface area contributed by atoms with Crippen molar-refractivity contribution >= 4 is 23.4 Å². The Labute approximate surface area is 227 Å². The van der Waals surface area contributed by atoms with Crippen molar-refractivity contribution in [3.05, 3.63) is 12.2 Å². The molecule has 0 radical (unpaired) electrons. The van der Waals surface area contributed by atoms with Crippen molar-refractivity contribution in [1.29, 1.82) is 0 Å². The molecule has 216 valence electrons. The number of ketones is 2. The first-order valence-electron chi connectivity index (χ1n) is 14.6. The Kier molecular flexibility index (Phi) is 13.7. The van der Waals surface area contributed by atoms with E-state index in [1.807, 2.05) is 13.8 Å². The summed E-state index contributed by atoms with van der Waals surface area (Å²) in [4.78, 5) is 48.5. The van der Waals surface area contributed by atoms with Crippen molar-refractivity contribution in [3.63, 3.8) is 0 Å². The molecule has 2 aliphatic carbocycles. The predicted molar refractivity (Wildman–Crippen MR) is 145 cm³/mol. The van der Waals surface area contributed by atoms with Gasteiger partial charge in [0.15, 0.2) is 0 Å². The van der Waals surface area contributed by atoms with Crippen LogP contribution in [0.5, 0.6) is 0 Å². The van der Waals surface area contributed by atoms with Gasteiger partial charge in [0, 0.05) is 37.5 Å². The maximum atomic E-state index is 12.6. The van der Waals surface area contributed by atoms with Crippen molar-refractivity contribution in [1.82, 2.24) is 5.32 Å². The molecule has 4 N–H and O–H groups in total. The molecule has 2 rings (SSSR count). The quantitative estimate of drug-likeness (QED) is 0.161. The monoisotopic (exact) mass is 535 g/mol. The van der Waals surface area contributed by atoms with Crippen LogP contribution < -0.4 is 5.32 Å². The molecule has 8 nitrogen and oxygen atoms in total. The van der Waals surface area contributed by atoms with Gasteiger partial charge in [-0.1, -0.05) is 58.6 Å². The average Bonchev–Trinajstić information content (AvgIpc) is 3.42. The number of carboxylic acids is 1. The molecule has 1 amide bonds. The lowest BCUT2D eigenvalue weighted by molar-refractivity contribution is -0.142. The van der Waals surface area contributed by atoms with Gasteiger partial charge in [-0.05, 0) is 49.9 Å². The minimum absolute atomic E-state index is 0.0207. The van der Waals surface area contributed by atoms with E-state index in [2.05, 4.69) is 12.2 Å². The Morgan fingerprint density at radius 1 is 1.11 bits per heavy atom. The minimum Gasteiger partial charge on any atom is -0.480 e. The van der Waals surface area contributed by atoms with Crippen LogP contribution in [-0.4, -0.2) is 57.0 Å². The molecule has 0 spiro atoms. The van der Waals surface area contributed by atoms with Crippen LogP contribution >= 0.6 is 0 Å². The third kappa shape index (κ3) is 10.6. The Morgan fingerprint density at radius 2 is 1.82 bits per heavy atom. The molecule has 2 fully saturated rings. The Bertz CT molecular complexity index is 823. The maximum absolute atomic E-state index is 12.6. The number of Topliss-reactive ketones (excluding diaryl/α,β-unsaturated/α-hetero) is 2. The fourth-order valence-electron chi connectivity index (χ4n) is 5.98. The molecule has 0 saturated heterocycles. The summed E-state index contributed by atoms with van der Waals surface area (Å²) < 4.78 is 0. The highest BCUT2D eigenvalue weighted by atomic mass is 16.4. The second kappa shape index (κ2) is 16.1. The van der Waals surface area contributed by atoms with Gasteiger partial charge in [-0.3, -0.25) is 14.4 Å². The predicted octanol–water partition coefficient (Wildman–Crippen LogP) is 4.21. The van der Waals surface area contributed by atoms with E-state index in [1.54, 1.807) is 12.2 Å². The number of aliphatic hydroxyl groups excluding tert-OH is 2. The number of aliphatic carboxylic acids is 1. The number of unbranched alkanes of at least 4 members (excludes halogenated alkanes) is 2. The van der Waals surface area contributed by atoms with E-state index < -0.39 is 36.1 Å². The second-order valence-corrected chi connectivity index (χ2v) is 11.9. The van der Waals surface area contributed by atoms with Crippen molar-refractivity contribution in [2.24, 2.45) is 29.6 Å². The number of carbonyl (C=O) groups excluding carboxylic acids is 3. The zero-order valence-electron chi connectivity index (χ0n) is 23.4. The van der Waals surface area contributed by atoms with Gasteiger partial charge >= 0.3 is 5.97 Å². The van der Waals surface area contributed by atoms with Gasteiger partial charge < -0.3 is 20.6 Å². The molecular formula is C30H49NO7. The van der Waals surface area contributed by atoms with Gasteiger partial charge in [-0.2, -0.15) is 0 Å². The molecule has 8 heteroatoms. The molecule has 0 heterocycles. The highest BCUT2D eigenvalue weighted by Gasteiger charge is 2.41. The van der Waals surface area contributed by atoms with Crippen LogP contribution in [0.25, 0.3) is 0 Å². The molecule has 0 aromatic carbocycles. The Balaban J connectivity index is 1.78. The van der Waals surface area contributed by atoms with Gasteiger partial charge in [0.2, 0.25) is 5.91 Å². The Hall–Kier alpha value is -2.06. The smallest absolute Gasteiger partial charge is 0.326 e. The van der Waals surface area contributed by atoms with E-state index in [0.29, 0.717) is 25.2 Å². The minimum atomic E-state index is -1.05. The van der Waals surface area contributed by atoms with Gasteiger partial charge in [0.25, 0.3) is 0 Å². The van der Waals surface area contributed by atoms with Crippen LogP contribution in [0.4, 0.5) is 0 Å². The normalized spacial score (nSPS) is 27.2. The molecule has 2 saturated carbocycles. The maximum Gasteiger partial charge on any atom is 0.326 e. The number of rotatable bonds is 17. The van der Waals surface area contributed by atoms with Crippen molar-refractivity contribution < 1.29 is 34.5 Å². The molecule has 2 aliphatic rings. The van der Waals surface area contributed by atoms with Crippen LogP contribution in [0.3, 0.4) is 0 Å². The first-order valence-corrected chi connectivity index (χ1v) is 14.6. The number of amides is 1. The Morgan fingerprint density at radius 3 is 2.47 bits per heavy atom. The highest BCUT2D eigenvalue weighted by Crippen LogP contribution is 2.38. The van der Waals surface area contributed by atoms with E-state index in [4.69, 9.17) is 0 Å². The first kappa shape index (κ1) is 32.2. The first-order chi connectivity index (χ1) is 18.0. The van der Waals surface area contributed by atoms with Crippen molar-refractivity contribution in [2.75, 3.05) is 0 Å². The van der Waals surface area contributed by atoms with Crippen LogP contribution in [0.1, 0.15) is 104 Å². The fraction of sp³-hybridized carbons (Fsp3) is 0.800. The molecule has 0 aromatic heterocycles. The summed E-state index contributed by atoms with van der Waals surface area (Å²) in [7, 11) is 0. The zero-order chi connectivity index (χ0) is 28.2. The van der Waals surface area contributed by atoms with Crippen LogP contribution in [0, 0.1) is 29.6 Å². The topological polar surface area (TPSA) is 141 Å². The van der Waals surface area contributed by atoms with Crippen molar-refractivity contribution in [3.8, 4) is 0 Å². The fourth-order valence-corrected chi connectivity index (χ4v) is 5.98. The van der Waals surface area contributed by atoms with Crippen LogP contribution in [-0.2, 0) is 19.2 Å². The molecule has 0 aliphatic heterocycles. The lowest BCUT2D eigenvalue weighted by Gasteiger charge is -2.19. The largest absolute Gasteiger partial charge is 0.480 e. The number of nitrogens with one attached hydrogen (secondary N) is 1. The zero-order valence-corrected chi connectivity index (χ0v) is 23.4. The van der Waals surface area contributed by atoms with Crippen molar-refractivity contribution in [2.45, 2.75) is 122 Å². The molecule has 3 unspecified atom stereocenters. The summed E-state index contributed by atoms with van der Waals surface area (Å²) in [6, 6.07) is -0.913. The van der Waals surface area contributed by atoms with E-state index in [9.17, 15) is 34.5 Å². The summed E-state index contributed by atoms with van der Waals surface area (Å²) in [5.74, 6) is -1.67. The molecule has 38 heavy (non-hydrogen) atoms. The SMILES string of the molecule is CCCCC1CCC([C@H](O)/C=C/[C@@H]2C(CC(=O)CCCCC(=O)N[C@@H](CC(C)C)C(=O)O)C(=O)C[C@H]2O)C1. The molecule has 7 atom stereocenters. The molecular weight excluding hydrogens is 486 g/mol. The van der Waals surface area contributed by atoms with E-state index in [1.165, 1.54) is 19.3 Å². The highest BCUT2D eigenvalue weighted by molar-refractivity contribution is 5.90. The summed E-state index contributed by atoms with van der Waals surface area (Å²) in [6.07, 6.45) is 10.4. The number of hydrogen-bond donors (Lipinski definition) is 4.